The Balaban J connectivity index is 0.000000168. The molecule has 1 N–H and O–H groups in total. The van der Waals surface area contributed by atoms with Crippen LogP contribution in [-0.4, -0.2) is 53.3 Å². The van der Waals surface area contributed by atoms with E-state index in [9.17, 15) is 0 Å². The fourth-order valence-corrected chi connectivity index (χ4v) is 3.35. The third kappa shape index (κ3) is 8.39. The Morgan fingerprint density at radius 2 is 1.69 bits per heavy atom. The minimum absolute atomic E-state index is 0.0753. The van der Waals surface area contributed by atoms with Crippen molar-refractivity contribution in [3.8, 4) is 0 Å². The number of tetrazole rings is 1. The first-order chi connectivity index (χ1) is 16.4. The normalized spacial score (nSPS) is 13.9. The maximum Gasteiger partial charge on any atom is 0.269 e. The maximum absolute atomic E-state index is 3.98. The van der Waals surface area contributed by atoms with Crippen molar-refractivity contribution < 1.29 is 4.07 Å². The molecular weight excluding hydrogens is 462 g/mol. The van der Waals surface area contributed by atoms with Crippen LogP contribution in [0.15, 0.2) is 36.7 Å². The molecular formula is C23H38N11S+. The molecule has 5 rings (SSSR count). The summed E-state index contributed by atoms with van der Waals surface area (Å²) in [4.78, 5) is 6.21. The Bertz CT molecular complexity index is 1100. The van der Waals surface area contributed by atoms with Crippen LogP contribution in [0.4, 0.5) is 11.4 Å². The van der Waals surface area contributed by atoms with Gasteiger partial charge in [-0.05, 0) is 64.1 Å². The second-order valence-electron chi connectivity index (χ2n) is 9.13. The van der Waals surface area contributed by atoms with Crippen LogP contribution in [0.3, 0.4) is 0 Å². The van der Waals surface area contributed by atoms with Crippen molar-refractivity contribution >= 4 is 22.9 Å². The Kier molecular flexibility index (Phi) is 9.81. The molecule has 1 unspecified atom stereocenters. The highest BCUT2D eigenvalue weighted by Gasteiger charge is 2.23. The number of imidazole rings is 1. The number of rotatable bonds is 0. The van der Waals surface area contributed by atoms with E-state index in [0.29, 0.717) is 6.17 Å². The molecule has 0 saturated heterocycles. The molecule has 4 aromatic rings. The molecule has 3 aromatic heterocycles. The van der Waals surface area contributed by atoms with Crippen molar-refractivity contribution in [3.63, 3.8) is 0 Å². The van der Waals surface area contributed by atoms with Gasteiger partial charge in [-0.2, -0.15) is 0 Å². The van der Waals surface area contributed by atoms with Crippen molar-refractivity contribution in [2.45, 2.75) is 60.2 Å². The summed E-state index contributed by atoms with van der Waals surface area (Å²) in [6, 6.07) is 8.36. The number of fused-ring (bicyclic) bond motifs is 1. The number of aromatic nitrogens is 9. The molecule has 12 heteroatoms. The molecule has 190 valence electrons. The van der Waals surface area contributed by atoms with Gasteiger partial charge in [0.1, 0.15) is 28.7 Å². The molecule has 0 spiro atoms. The molecule has 4 heterocycles. The van der Waals surface area contributed by atoms with Crippen molar-refractivity contribution in [2.24, 2.45) is 14.1 Å². The average Bonchev–Trinajstić information content (AvgIpc) is 3.56. The van der Waals surface area contributed by atoms with E-state index in [1.165, 1.54) is 11.4 Å². The van der Waals surface area contributed by atoms with E-state index in [0.717, 1.165) is 16.7 Å². The first-order valence-corrected chi connectivity index (χ1v) is 12.1. The van der Waals surface area contributed by atoms with Gasteiger partial charge >= 0.3 is 0 Å². The van der Waals surface area contributed by atoms with Crippen LogP contribution >= 0.6 is 11.5 Å². The van der Waals surface area contributed by atoms with E-state index in [-0.39, 0.29) is 5.54 Å². The van der Waals surface area contributed by atoms with Crippen molar-refractivity contribution in [1.29, 1.82) is 0 Å². The van der Waals surface area contributed by atoms with Gasteiger partial charge in [0.05, 0.1) is 22.6 Å². The zero-order valence-electron chi connectivity index (χ0n) is 22.4. The molecule has 0 amide bonds. The fraction of sp³-hybridized carbons (Fsp3) is 0.522. The quantitative estimate of drug-likeness (QED) is 0.367. The van der Waals surface area contributed by atoms with Crippen LogP contribution in [0.2, 0.25) is 0 Å². The van der Waals surface area contributed by atoms with Crippen molar-refractivity contribution in [3.05, 3.63) is 53.3 Å². The third-order valence-corrected chi connectivity index (χ3v) is 6.32. The van der Waals surface area contributed by atoms with E-state index < -0.39 is 0 Å². The number of aryl methyl sites for hydroxylation is 5. The number of nitrogens with zero attached hydrogens (tertiary/aromatic N) is 10. The molecule has 0 aliphatic carbocycles. The SMILES string of the molecule is CC1Nc2ccccc2N1C.Cc1nccn1C.Cc1nn[n+](C(C)(C)C)s1.Cc1nnnn1C. The van der Waals surface area contributed by atoms with Gasteiger partial charge in [0.25, 0.3) is 5.01 Å². The topological polar surface area (TPSA) is 106 Å². The molecule has 0 fully saturated rings. The first kappa shape index (κ1) is 27.8. The zero-order valence-corrected chi connectivity index (χ0v) is 23.2. The standard InChI is InChI=1S/C9H12N2.C6H12N3S.C5H8N2.C3H6N4/c1-7-10-8-5-3-4-6-9(8)11(7)2;1-5-7-8-9(10-5)6(2,3)4;1-5-6-3-4-7(5)2;1-3-4-5-6-7(3)2/h3-7,10H,1-2H3;1-4H3;3-4H,1-2H3;1-2H3/q;+1;;. The predicted molar refractivity (Wildman–Crippen MR) is 139 cm³/mol. The van der Waals surface area contributed by atoms with Gasteiger partial charge in [-0.25, -0.2) is 9.67 Å². The second-order valence-corrected chi connectivity index (χ2v) is 10.2. The summed E-state index contributed by atoms with van der Waals surface area (Å²) in [5.74, 6) is 1.89. The molecule has 11 nitrogen and oxygen atoms in total. The van der Waals surface area contributed by atoms with Gasteiger partial charge in [0, 0.05) is 40.5 Å². The van der Waals surface area contributed by atoms with E-state index in [2.05, 4.69) is 100 Å². The minimum atomic E-state index is 0.0753. The highest BCUT2D eigenvalue weighted by molar-refractivity contribution is 7.01. The summed E-state index contributed by atoms with van der Waals surface area (Å²) in [6.07, 6.45) is 4.14. The number of hydrogen-bond acceptors (Lipinski definition) is 9. The van der Waals surface area contributed by atoms with Crippen LogP contribution in [-0.2, 0) is 19.6 Å². The lowest BCUT2D eigenvalue weighted by Crippen LogP contribution is -2.49. The number of para-hydroxylation sites is 2. The smallest absolute Gasteiger partial charge is 0.269 e. The van der Waals surface area contributed by atoms with Crippen LogP contribution < -0.4 is 14.3 Å². The second kappa shape index (κ2) is 12.3. The molecule has 1 aliphatic rings. The van der Waals surface area contributed by atoms with E-state index in [4.69, 9.17) is 0 Å². The molecule has 0 bridgehead atoms. The molecule has 0 radical (unpaired) electrons. The maximum atomic E-state index is 3.98. The summed E-state index contributed by atoms with van der Waals surface area (Å²) in [5, 5.41) is 22.8. The molecule has 1 aromatic carbocycles. The average molecular weight is 501 g/mol. The summed E-state index contributed by atoms with van der Waals surface area (Å²) in [5.41, 5.74) is 2.61. The van der Waals surface area contributed by atoms with Crippen molar-refractivity contribution in [2.75, 3.05) is 17.3 Å². The Hall–Kier alpha value is -3.41. The lowest BCUT2D eigenvalue weighted by molar-refractivity contribution is -0.749. The van der Waals surface area contributed by atoms with Crippen LogP contribution in [0.5, 0.6) is 0 Å². The molecule has 35 heavy (non-hydrogen) atoms. The van der Waals surface area contributed by atoms with Gasteiger partial charge in [0.2, 0.25) is 0 Å². The lowest BCUT2D eigenvalue weighted by atomic mass is 10.1. The fourth-order valence-electron chi connectivity index (χ4n) is 2.68. The van der Waals surface area contributed by atoms with E-state index in [1.54, 1.807) is 29.5 Å². The van der Waals surface area contributed by atoms with Crippen molar-refractivity contribution in [1.82, 2.24) is 40.1 Å². The first-order valence-electron chi connectivity index (χ1n) is 11.3. The van der Waals surface area contributed by atoms with Crippen LogP contribution in [0.25, 0.3) is 0 Å². The van der Waals surface area contributed by atoms with E-state index in [1.807, 2.05) is 42.7 Å². The van der Waals surface area contributed by atoms with E-state index >= 15 is 0 Å². The lowest BCUT2D eigenvalue weighted by Gasteiger charge is -2.16. The number of anilines is 2. The Morgan fingerprint density at radius 3 is 2.03 bits per heavy atom. The predicted octanol–water partition coefficient (Wildman–Crippen LogP) is 3.03. The highest BCUT2D eigenvalue weighted by atomic mass is 32.1. The molecule has 1 atom stereocenters. The summed E-state index contributed by atoms with van der Waals surface area (Å²) < 4.78 is 5.49. The summed E-state index contributed by atoms with van der Waals surface area (Å²) in [6.45, 7) is 14.3. The molecule has 0 saturated carbocycles. The Labute approximate surface area is 212 Å². The summed E-state index contributed by atoms with van der Waals surface area (Å²) >= 11 is 1.59. The monoisotopic (exact) mass is 500 g/mol. The zero-order chi connectivity index (χ0) is 26.2. The van der Waals surface area contributed by atoms with Crippen LogP contribution in [0, 0.1) is 20.8 Å². The van der Waals surface area contributed by atoms with Gasteiger partial charge in [-0.15, -0.1) is 5.10 Å². The van der Waals surface area contributed by atoms with Crippen LogP contribution in [0.1, 0.15) is 44.4 Å². The highest BCUT2D eigenvalue weighted by Crippen LogP contribution is 2.32. The molecule has 1 aliphatic heterocycles. The van der Waals surface area contributed by atoms with Gasteiger partial charge in [-0.1, -0.05) is 16.2 Å². The number of benzene rings is 1. The van der Waals surface area contributed by atoms with Gasteiger partial charge in [-0.3, -0.25) is 0 Å². The summed E-state index contributed by atoms with van der Waals surface area (Å²) in [7, 11) is 5.88. The minimum Gasteiger partial charge on any atom is -0.364 e. The third-order valence-electron chi connectivity index (χ3n) is 5.18. The van der Waals surface area contributed by atoms with Gasteiger partial charge < -0.3 is 14.8 Å². The number of nitrogens with one attached hydrogen (secondary N) is 1. The Morgan fingerprint density at radius 1 is 1.00 bits per heavy atom. The number of hydrogen-bond donors (Lipinski definition) is 1. The van der Waals surface area contributed by atoms with Gasteiger partial charge in [0.15, 0.2) is 5.21 Å². The largest absolute Gasteiger partial charge is 0.364 e.